The van der Waals surface area contributed by atoms with Crippen LogP contribution >= 0.6 is 0 Å². The molecule has 0 aromatic heterocycles. The second-order valence-electron chi connectivity index (χ2n) is 3.14. The lowest BCUT2D eigenvalue weighted by Crippen LogP contribution is -2.45. The molecular formula is C10H11NO5. The summed E-state index contributed by atoms with van der Waals surface area (Å²) in [5.74, 6) is -0.304. The molecule has 6 nitrogen and oxygen atoms in total. The number of carbonyl (C=O) groups excluding carboxylic acids is 1. The van der Waals surface area contributed by atoms with Crippen molar-refractivity contribution < 1.29 is 24.2 Å². The predicted octanol–water partition coefficient (Wildman–Crippen LogP) is 0.748. The van der Waals surface area contributed by atoms with Crippen molar-refractivity contribution in [2.75, 3.05) is 19.0 Å². The highest BCUT2D eigenvalue weighted by molar-refractivity contribution is 5.97. The number of ether oxygens (including phenoxy) is 3. The Hall–Kier alpha value is -1.63. The largest absolute Gasteiger partial charge is 0.453 e. The summed E-state index contributed by atoms with van der Waals surface area (Å²) in [6.07, 6.45) is -1.18. The number of rotatable bonds is 3. The van der Waals surface area contributed by atoms with E-state index in [4.69, 9.17) is 9.47 Å². The number of methoxy groups -OCH3 is 1. The summed E-state index contributed by atoms with van der Waals surface area (Å²) in [5, 5.41) is 10.1. The molecule has 0 saturated heterocycles. The topological polar surface area (TPSA) is 68.2 Å². The van der Waals surface area contributed by atoms with Gasteiger partial charge in [0.25, 0.3) is 6.29 Å². The molecule has 86 valence electrons. The van der Waals surface area contributed by atoms with Gasteiger partial charge in [0.2, 0.25) is 0 Å². The van der Waals surface area contributed by atoms with Gasteiger partial charge in [-0.15, -0.1) is 0 Å². The molecule has 6 heteroatoms. The predicted molar refractivity (Wildman–Crippen MR) is 53.1 cm³/mol. The molecule has 0 spiro atoms. The highest BCUT2D eigenvalue weighted by atomic mass is 16.8. The maximum Gasteiger partial charge on any atom is 0.320 e. The Morgan fingerprint density at radius 2 is 2.25 bits per heavy atom. The summed E-state index contributed by atoms with van der Waals surface area (Å²) in [7, 11) is 1.43. The molecule has 16 heavy (non-hydrogen) atoms. The van der Waals surface area contributed by atoms with Crippen LogP contribution in [0.4, 0.5) is 5.69 Å². The van der Waals surface area contributed by atoms with Gasteiger partial charge >= 0.3 is 5.91 Å². The fourth-order valence-corrected chi connectivity index (χ4v) is 1.35. The van der Waals surface area contributed by atoms with Gasteiger partial charge in [0, 0.05) is 7.11 Å². The second-order valence-corrected chi connectivity index (χ2v) is 3.14. The van der Waals surface area contributed by atoms with Crippen LogP contribution in [0.2, 0.25) is 0 Å². The molecule has 0 bridgehead atoms. The maximum absolute atomic E-state index is 11.6. The number of para-hydroxylation sites is 2. The zero-order valence-electron chi connectivity index (χ0n) is 8.62. The Balaban J connectivity index is 2.21. The fraction of sp³-hybridized carbons (Fsp3) is 0.300. The van der Waals surface area contributed by atoms with Gasteiger partial charge in [-0.1, -0.05) is 12.1 Å². The van der Waals surface area contributed by atoms with E-state index in [2.05, 4.69) is 4.74 Å². The molecule has 0 radical (unpaired) electrons. The van der Waals surface area contributed by atoms with Gasteiger partial charge in [-0.2, -0.15) is 5.06 Å². The fourth-order valence-electron chi connectivity index (χ4n) is 1.35. The maximum atomic E-state index is 11.6. The highest BCUT2D eigenvalue weighted by Crippen LogP contribution is 2.32. The Morgan fingerprint density at radius 3 is 3.00 bits per heavy atom. The van der Waals surface area contributed by atoms with E-state index in [1.807, 2.05) is 0 Å². The van der Waals surface area contributed by atoms with Crippen molar-refractivity contribution in [3.8, 4) is 5.75 Å². The van der Waals surface area contributed by atoms with Crippen LogP contribution in [0, 0.1) is 0 Å². The third-order valence-electron chi connectivity index (χ3n) is 2.08. The lowest BCUT2D eigenvalue weighted by molar-refractivity contribution is -0.177. The van der Waals surface area contributed by atoms with Crippen LogP contribution in [0.5, 0.6) is 5.75 Å². The van der Waals surface area contributed by atoms with Crippen molar-refractivity contribution >= 4 is 11.6 Å². The standard InChI is InChI=1S/C10H11NO5/c1-14-6-15-10-9(12)11(13)7-4-2-3-5-8(7)16-10/h2-5,10,13H,6H2,1H3. The summed E-state index contributed by atoms with van der Waals surface area (Å²) in [5.41, 5.74) is 0.296. The average Bonchev–Trinajstić information content (AvgIpc) is 2.32. The second kappa shape index (κ2) is 4.48. The third kappa shape index (κ3) is 1.85. The molecule has 1 amide bonds. The molecule has 1 aromatic rings. The molecule has 0 fully saturated rings. The quantitative estimate of drug-likeness (QED) is 0.607. The molecule has 1 atom stereocenters. The Bertz CT molecular complexity index is 395. The number of hydrogen-bond acceptors (Lipinski definition) is 5. The summed E-state index contributed by atoms with van der Waals surface area (Å²) in [4.78, 5) is 11.6. The summed E-state index contributed by atoms with van der Waals surface area (Å²) < 4.78 is 14.9. The molecule has 1 N–H and O–H groups in total. The van der Waals surface area contributed by atoms with Crippen LogP contribution in [0.1, 0.15) is 0 Å². The van der Waals surface area contributed by atoms with Gasteiger partial charge in [0.1, 0.15) is 11.4 Å². The third-order valence-corrected chi connectivity index (χ3v) is 2.08. The zero-order chi connectivity index (χ0) is 11.5. The number of carbonyl (C=O) groups is 1. The normalized spacial score (nSPS) is 19.2. The monoisotopic (exact) mass is 225 g/mol. The van der Waals surface area contributed by atoms with Crippen molar-refractivity contribution in [3.05, 3.63) is 24.3 Å². The Kier molecular flexibility index (Phi) is 3.04. The van der Waals surface area contributed by atoms with Crippen molar-refractivity contribution in [3.63, 3.8) is 0 Å². The minimum absolute atomic E-state index is 0.0909. The number of benzene rings is 1. The lowest BCUT2D eigenvalue weighted by atomic mass is 10.2. The van der Waals surface area contributed by atoms with Gasteiger partial charge in [-0.25, -0.2) is 0 Å². The molecule has 1 aliphatic heterocycles. The molecule has 0 aliphatic carbocycles. The first-order chi connectivity index (χ1) is 7.74. The van der Waals surface area contributed by atoms with E-state index in [-0.39, 0.29) is 6.79 Å². The average molecular weight is 225 g/mol. The number of amides is 1. The van der Waals surface area contributed by atoms with E-state index in [9.17, 15) is 10.0 Å². The smallest absolute Gasteiger partial charge is 0.320 e. The number of fused-ring (bicyclic) bond motifs is 1. The van der Waals surface area contributed by atoms with Crippen molar-refractivity contribution in [2.45, 2.75) is 6.29 Å². The van der Waals surface area contributed by atoms with E-state index in [1.54, 1.807) is 24.3 Å². The first kappa shape index (κ1) is 10.9. The van der Waals surface area contributed by atoms with Gasteiger partial charge < -0.3 is 14.2 Å². The summed E-state index contributed by atoms with van der Waals surface area (Å²) in [6.45, 7) is -0.0909. The van der Waals surface area contributed by atoms with E-state index in [0.717, 1.165) is 0 Å². The molecule has 1 unspecified atom stereocenters. The van der Waals surface area contributed by atoms with E-state index in [0.29, 0.717) is 16.5 Å². The number of nitrogens with zero attached hydrogens (tertiary/aromatic N) is 1. The molecule has 1 aliphatic rings. The molecule has 1 aromatic carbocycles. The van der Waals surface area contributed by atoms with Gasteiger partial charge in [-0.3, -0.25) is 10.0 Å². The first-order valence-corrected chi connectivity index (χ1v) is 4.63. The minimum atomic E-state index is -1.18. The van der Waals surface area contributed by atoms with Crippen LogP contribution in [0.15, 0.2) is 24.3 Å². The van der Waals surface area contributed by atoms with Crippen LogP contribution in [0.25, 0.3) is 0 Å². The molecule has 0 saturated carbocycles. The van der Waals surface area contributed by atoms with Crippen molar-refractivity contribution in [1.82, 2.24) is 0 Å². The minimum Gasteiger partial charge on any atom is -0.453 e. The van der Waals surface area contributed by atoms with Crippen molar-refractivity contribution in [2.24, 2.45) is 0 Å². The molecule has 1 heterocycles. The number of hydrogen-bond donors (Lipinski definition) is 1. The van der Waals surface area contributed by atoms with Crippen LogP contribution < -0.4 is 9.80 Å². The Labute approximate surface area is 91.9 Å². The number of anilines is 1. The summed E-state index contributed by atoms with van der Waals surface area (Å²) in [6, 6.07) is 6.62. The van der Waals surface area contributed by atoms with E-state index >= 15 is 0 Å². The van der Waals surface area contributed by atoms with Crippen LogP contribution in [-0.4, -0.2) is 31.3 Å². The van der Waals surface area contributed by atoms with Crippen molar-refractivity contribution in [1.29, 1.82) is 0 Å². The van der Waals surface area contributed by atoms with Gasteiger partial charge in [0.15, 0.2) is 6.79 Å². The van der Waals surface area contributed by atoms with Gasteiger partial charge in [-0.05, 0) is 12.1 Å². The zero-order valence-corrected chi connectivity index (χ0v) is 8.62. The molecule has 2 rings (SSSR count). The first-order valence-electron chi connectivity index (χ1n) is 4.63. The van der Waals surface area contributed by atoms with E-state index in [1.165, 1.54) is 7.11 Å². The van der Waals surface area contributed by atoms with Crippen LogP contribution in [-0.2, 0) is 14.3 Å². The van der Waals surface area contributed by atoms with E-state index < -0.39 is 12.2 Å². The highest BCUT2D eigenvalue weighted by Gasteiger charge is 2.34. The molecular weight excluding hydrogens is 214 g/mol. The van der Waals surface area contributed by atoms with Gasteiger partial charge in [0.05, 0.1) is 0 Å². The SMILES string of the molecule is COCOC1Oc2ccccc2N(O)C1=O. The Morgan fingerprint density at radius 1 is 1.50 bits per heavy atom. The van der Waals surface area contributed by atoms with Crippen LogP contribution in [0.3, 0.4) is 0 Å². The number of hydroxylamine groups is 1. The lowest BCUT2D eigenvalue weighted by Gasteiger charge is -2.29. The summed E-state index contributed by atoms with van der Waals surface area (Å²) >= 11 is 0.